The summed E-state index contributed by atoms with van der Waals surface area (Å²) in [6.07, 6.45) is 1.18. The number of hydrogen-bond donors (Lipinski definition) is 0. The third kappa shape index (κ3) is 6.08. The van der Waals surface area contributed by atoms with E-state index in [0.717, 1.165) is 6.08 Å². The molecule has 0 aliphatic heterocycles. The number of aldehydes is 1. The van der Waals surface area contributed by atoms with E-state index in [0.29, 0.717) is 0 Å². The van der Waals surface area contributed by atoms with Gasteiger partial charge in [0.1, 0.15) is 0 Å². The molecule has 0 aromatic rings. The van der Waals surface area contributed by atoms with E-state index in [9.17, 15) is 9.59 Å². The molecule has 0 unspecified atom stereocenters. The summed E-state index contributed by atoms with van der Waals surface area (Å²) in [5, 5.41) is 0. The molecule has 0 amide bonds. The average molecular weight is 108 g/mol. The van der Waals surface area contributed by atoms with E-state index in [4.69, 9.17) is 0 Å². The van der Waals surface area contributed by atoms with Crippen LogP contribution < -0.4 is 0 Å². The Balaban J connectivity index is 0. The van der Waals surface area contributed by atoms with Crippen LogP contribution in [0.25, 0.3) is 0 Å². The Kier molecular flexibility index (Phi) is 8.81. The van der Waals surface area contributed by atoms with Crippen LogP contribution in [0, 0.1) is 0 Å². The van der Waals surface area contributed by atoms with Gasteiger partial charge in [-0.2, -0.15) is 0 Å². The summed E-state index contributed by atoms with van der Waals surface area (Å²) >= 11 is 0. The van der Waals surface area contributed by atoms with Gasteiger partial charge in [-0.3, -0.25) is 9.59 Å². The first-order valence-corrected chi connectivity index (χ1v) is 1.43. The zero-order valence-electron chi connectivity index (χ0n) is 3.18. The predicted molar refractivity (Wildman–Crippen MR) is 28.4 cm³/mol. The number of carbonyl (C=O) groups is 2. The van der Waals surface area contributed by atoms with Crippen molar-refractivity contribution in [3.8, 4) is 0 Å². The Hall–Kier alpha value is 0.0800. The minimum absolute atomic E-state index is 0. The van der Waals surface area contributed by atoms with Crippen LogP contribution in [0.15, 0.2) is 12.7 Å². The number of ketones is 1. The van der Waals surface area contributed by atoms with E-state index in [2.05, 4.69) is 6.58 Å². The summed E-state index contributed by atoms with van der Waals surface area (Å²) in [5.41, 5.74) is 0. The molecule has 0 spiro atoms. The van der Waals surface area contributed by atoms with Crippen LogP contribution in [0.3, 0.4) is 0 Å². The third-order valence-electron chi connectivity index (χ3n) is 0.317. The van der Waals surface area contributed by atoms with Gasteiger partial charge in [0.2, 0.25) is 5.78 Å². The topological polar surface area (TPSA) is 34.1 Å². The molecule has 0 fully saturated rings. The van der Waals surface area contributed by atoms with Crippen molar-refractivity contribution in [1.29, 1.82) is 0 Å². The Morgan fingerprint density at radius 3 is 2.00 bits per heavy atom. The predicted octanol–water partition coefficient (Wildman–Crippen LogP) is -0.708. The number of allylic oxidation sites excluding steroid dienone is 1. The SMILES string of the molecule is C=CC(=O)C=O.[NaH]. The van der Waals surface area contributed by atoms with Crippen molar-refractivity contribution in [1.82, 2.24) is 0 Å². The molecular weight excluding hydrogens is 103 g/mol. The molecule has 2 nitrogen and oxygen atoms in total. The van der Waals surface area contributed by atoms with Gasteiger partial charge < -0.3 is 0 Å². The average Bonchev–Trinajstić information content (AvgIpc) is 1.65. The molecule has 34 valence electrons. The van der Waals surface area contributed by atoms with Crippen LogP contribution in [0.2, 0.25) is 0 Å². The summed E-state index contributed by atoms with van der Waals surface area (Å²) in [5.74, 6) is -0.574. The van der Waals surface area contributed by atoms with Crippen LogP contribution in [0.4, 0.5) is 0 Å². The van der Waals surface area contributed by atoms with Crippen molar-refractivity contribution in [3.63, 3.8) is 0 Å². The minimum atomic E-state index is -0.574. The van der Waals surface area contributed by atoms with Gasteiger partial charge in [0, 0.05) is 0 Å². The van der Waals surface area contributed by atoms with Crippen LogP contribution >= 0.6 is 0 Å². The molecule has 0 aromatic heterocycles. The quantitative estimate of drug-likeness (QED) is 0.203. The van der Waals surface area contributed by atoms with E-state index >= 15 is 0 Å². The summed E-state index contributed by atoms with van der Waals surface area (Å²) in [4.78, 5) is 19.0. The van der Waals surface area contributed by atoms with Crippen LogP contribution in [-0.2, 0) is 9.59 Å². The van der Waals surface area contributed by atoms with Gasteiger partial charge in [0.15, 0.2) is 6.29 Å². The standard InChI is InChI=1S/C4H4O2.Na.H/c1-2-4(6)3-5;;/h2-3H,1H2;;. The fourth-order valence-corrected chi connectivity index (χ4v) is 0.0481. The molecule has 7 heavy (non-hydrogen) atoms. The van der Waals surface area contributed by atoms with Crippen LogP contribution in [0.1, 0.15) is 0 Å². The van der Waals surface area contributed by atoms with Gasteiger partial charge in [-0.25, -0.2) is 0 Å². The molecule has 0 aliphatic carbocycles. The Labute approximate surface area is 63.9 Å². The van der Waals surface area contributed by atoms with Crippen molar-refractivity contribution < 1.29 is 9.59 Å². The van der Waals surface area contributed by atoms with Crippen LogP contribution in [0.5, 0.6) is 0 Å². The second-order valence-electron chi connectivity index (χ2n) is 0.724. The summed E-state index contributed by atoms with van der Waals surface area (Å²) in [7, 11) is 0. The molecular formula is C4H5NaO2. The van der Waals surface area contributed by atoms with Crippen molar-refractivity contribution >= 4 is 41.6 Å². The number of rotatable bonds is 2. The summed E-state index contributed by atoms with van der Waals surface area (Å²) in [6.45, 7) is 3.05. The molecule has 0 rings (SSSR count). The second kappa shape index (κ2) is 6.08. The summed E-state index contributed by atoms with van der Waals surface area (Å²) < 4.78 is 0. The van der Waals surface area contributed by atoms with E-state index < -0.39 is 5.78 Å². The van der Waals surface area contributed by atoms with Gasteiger partial charge in [0.05, 0.1) is 0 Å². The fourth-order valence-electron chi connectivity index (χ4n) is 0.0481. The number of carbonyl (C=O) groups excluding carboxylic acids is 2. The first kappa shape index (κ1) is 10.1. The maximum atomic E-state index is 9.69. The Bertz CT molecular complexity index is 77.7. The zero-order chi connectivity index (χ0) is 4.99. The van der Waals surface area contributed by atoms with Gasteiger partial charge in [-0.15, -0.1) is 0 Å². The molecule has 0 aromatic carbocycles. The second-order valence-corrected chi connectivity index (χ2v) is 0.724. The third-order valence-corrected chi connectivity index (χ3v) is 0.317. The molecule has 0 aliphatic rings. The maximum absolute atomic E-state index is 9.69. The van der Waals surface area contributed by atoms with Gasteiger partial charge in [-0.05, 0) is 6.08 Å². The molecule has 0 N–H and O–H groups in total. The molecule has 0 bridgehead atoms. The van der Waals surface area contributed by atoms with Crippen molar-refractivity contribution in [2.45, 2.75) is 0 Å². The molecule has 0 saturated carbocycles. The normalized spacial score (nSPS) is 5.71. The van der Waals surface area contributed by atoms with Crippen molar-refractivity contribution in [3.05, 3.63) is 12.7 Å². The molecule has 0 saturated heterocycles. The Morgan fingerprint density at radius 2 is 2.00 bits per heavy atom. The Morgan fingerprint density at radius 1 is 1.57 bits per heavy atom. The van der Waals surface area contributed by atoms with E-state index in [1.807, 2.05) is 0 Å². The number of hydrogen-bond acceptors (Lipinski definition) is 2. The van der Waals surface area contributed by atoms with Gasteiger partial charge in [-0.1, -0.05) is 6.58 Å². The summed E-state index contributed by atoms with van der Waals surface area (Å²) in [6, 6.07) is 0. The molecule has 0 radical (unpaired) electrons. The van der Waals surface area contributed by atoms with Gasteiger partial charge >= 0.3 is 29.6 Å². The molecule has 0 heterocycles. The monoisotopic (exact) mass is 108 g/mol. The van der Waals surface area contributed by atoms with Crippen molar-refractivity contribution in [2.24, 2.45) is 0 Å². The molecule has 0 atom stereocenters. The first-order chi connectivity index (χ1) is 2.81. The zero-order valence-corrected chi connectivity index (χ0v) is 3.18. The van der Waals surface area contributed by atoms with E-state index in [1.165, 1.54) is 0 Å². The first-order valence-electron chi connectivity index (χ1n) is 1.43. The van der Waals surface area contributed by atoms with Crippen LogP contribution in [-0.4, -0.2) is 41.6 Å². The van der Waals surface area contributed by atoms with Crippen molar-refractivity contribution in [2.75, 3.05) is 0 Å². The van der Waals surface area contributed by atoms with E-state index in [1.54, 1.807) is 0 Å². The van der Waals surface area contributed by atoms with Gasteiger partial charge in [0.25, 0.3) is 0 Å². The molecule has 3 heteroatoms. The fraction of sp³-hybridized carbons (Fsp3) is 0. The van der Waals surface area contributed by atoms with E-state index in [-0.39, 0.29) is 35.8 Å².